The molecular formula is C20H14N2O4. The number of hydroxylamine groups is 1. The molecule has 0 aliphatic carbocycles. The Balaban J connectivity index is 1.66. The highest BCUT2D eigenvalue weighted by Crippen LogP contribution is 2.22. The largest absolute Gasteiger partial charge is 0.434 e. The van der Waals surface area contributed by atoms with Gasteiger partial charge in [0.15, 0.2) is 0 Å². The van der Waals surface area contributed by atoms with Gasteiger partial charge in [0.05, 0.1) is 6.54 Å². The minimum Gasteiger partial charge on any atom is -0.434 e. The van der Waals surface area contributed by atoms with E-state index in [0.717, 1.165) is 11.1 Å². The lowest BCUT2D eigenvalue weighted by Crippen LogP contribution is -2.35. The standard InChI is InChI=1S/C20H14N2O4/c23-19(21-25)18-14-22(20(24)26-18)17-12-10-16(11-13-17)9-5-4-8-15-6-2-1-3-7-15/h1-3,6-7,10-13,18,25H,14H2,(H,21,23)/t18-/m0/s1. The molecule has 2 aromatic rings. The number of carbonyl (C=O) groups is 2. The molecule has 6 nitrogen and oxygen atoms in total. The number of amides is 2. The minimum absolute atomic E-state index is 0.0266. The summed E-state index contributed by atoms with van der Waals surface area (Å²) in [6.07, 6.45) is -1.69. The summed E-state index contributed by atoms with van der Waals surface area (Å²) in [5.74, 6) is 10.7. The zero-order chi connectivity index (χ0) is 18.4. The summed E-state index contributed by atoms with van der Waals surface area (Å²) in [4.78, 5) is 24.5. The van der Waals surface area contributed by atoms with E-state index in [-0.39, 0.29) is 6.54 Å². The Morgan fingerprint density at radius 3 is 2.27 bits per heavy atom. The summed E-state index contributed by atoms with van der Waals surface area (Å²) in [6, 6.07) is 16.5. The first-order chi connectivity index (χ1) is 12.7. The Hall–Kier alpha value is -3.74. The summed E-state index contributed by atoms with van der Waals surface area (Å²) in [5.41, 5.74) is 3.69. The average molecular weight is 346 g/mol. The van der Waals surface area contributed by atoms with Gasteiger partial charge in [-0.05, 0) is 48.2 Å². The average Bonchev–Trinajstić information content (AvgIpc) is 3.07. The number of carbonyl (C=O) groups excluding carboxylic acids is 2. The number of anilines is 1. The summed E-state index contributed by atoms with van der Waals surface area (Å²) in [5, 5.41) is 8.61. The Bertz CT molecular complexity index is 931. The molecule has 2 aromatic carbocycles. The highest BCUT2D eigenvalue weighted by atomic mass is 16.6. The van der Waals surface area contributed by atoms with Gasteiger partial charge < -0.3 is 4.74 Å². The van der Waals surface area contributed by atoms with E-state index in [4.69, 9.17) is 9.94 Å². The van der Waals surface area contributed by atoms with Crippen molar-refractivity contribution in [2.75, 3.05) is 11.4 Å². The van der Waals surface area contributed by atoms with E-state index < -0.39 is 18.1 Å². The van der Waals surface area contributed by atoms with Crippen LogP contribution in [-0.4, -0.2) is 29.9 Å². The Kier molecular flexibility index (Phi) is 5.19. The highest BCUT2D eigenvalue weighted by Gasteiger charge is 2.36. The number of cyclic esters (lactones) is 1. The molecule has 1 atom stereocenters. The van der Waals surface area contributed by atoms with Gasteiger partial charge in [0.2, 0.25) is 6.10 Å². The van der Waals surface area contributed by atoms with Gasteiger partial charge >= 0.3 is 6.09 Å². The maximum absolute atomic E-state index is 11.8. The first-order valence-electron chi connectivity index (χ1n) is 7.76. The number of benzene rings is 2. The molecule has 2 amide bonds. The summed E-state index contributed by atoms with van der Waals surface area (Å²) < 4.78 is 4.90. The third kappa shape index (κ3) is 4.02. The molecule has 0 spiro atoms. The van der Waals surface area contributed by atoms with Crippen LogP contribution in [0.3, 0.4) is 0 Å². The lowest BCUT2D eigenvalue weighted by atomic mass is 10.2. The van der Waals surface area contributed by atoms with Gasteiger partial charge in [-0.15, -0.1) is 0 Å². The number of hydrogen-bond donors (Lipinski definition) is 2. The number of ether oxygens (including phenoxy) is 1. The van der Waals surface area contributed by atoms with E-state index in [2.05, 4.69) is 23.7 Å². The van der Waals surface area contributed by atoms with Crippen molar-refractivity contribution in [3.63, 3.8) is 0 Å². The molecule has 128 valence electrons. The van der Waals surface area contributed by atoms with Crippen molar-refractivity contribution in [2.45, 2.75) is 6.10 Å². The Labute approximate surface area is 150 Å². The van der Waals surface area contributed by atoms with Crippen molar-refractivity contribution in [1.82, 2.24) is 5.48 Å². The topological polar surface area (TPSA) is 78.9 Å². The van der Waals surface area contributed by atoms with E-state index in [1.807, 2.05) is 30.3 Å². The zero-order valence-corrected chi connectivity index (χ0v) is 13.6. The normalized spacial score (nSPS) is 15.2. The van der Waals surface area contributed by atoms with E-state index in [1.165, 1.54) is 10.4 Å². The van der Waals surface area contributed by atoms with Crippen LogP contribution in [0.15, 0.2) is 54.6 Å². The van der Waals surface area contributed by atoms with Crippen molar-refractivity contribution in [3.05, 3.63) is 65.7 Å². The quantitative estimate of drug-likeness (QED) is 0.495. The van der Waals surface area contributed by atoms with Crippen molar-refractivity contribution in [3.8, 4) is 23.7 Å². The second-order valence-corrected chi connectivity index (χ2v) is 5.37. The van der Waals surface area contributed by atoms with Gasteiger partial charge in [0.1, 0.15) is 0 Å². The molecule has 2 N–H and O–H groups in total. The summed E-state index contributed by atoms with van der Waals surface area (Å²) in [7, 11) is 0. The Morgan fingerprint density at radius 1 is 1.04 bits per heavy atom. The first-order valence-corrected chi connectivity index (χ1v) is 7.76. The molecule has 1 saturated heterocycles. The van der Waals surface area contributed by atoms with E-state index in [1.54, 1.807) is 24.3 Å². The van der Waals surface area contributed by atoms with E-state index in [0.29, 0.717) is 5.69 Å². The van der Waals surface area contributed by atoms with Crippen molar-refractivity contribution < 1.29 is 19.5 Å². The zero-order valence-electron chi connectivity index (χ0n) is 13.6. The number of hydrogen-bond acceptors (Lipinski definition) is 4. The maximum Gasteiger partial charge on any atom is 0.415 e. The van der Waals surface area contributed by atoms with Crippen LogP contribution in [0.2, 0.25) is 0 Å². The fourth-order valence-electron chi connectivity index (χ4n) is 2.34. The van der Waals surface area contributed by atoms with Crippen LogP contribution in [0, 0.1) is 23.7 Å². The predicted molar refractivity (Wildman–Crippen MR) is 94.2 cm³/mol. The van der Waals surface area contributed by atoms with Crippen LogP contribution < -0.4 is 10.4 Å². The first kappa shape index (κ1) is 17.1. The van der Waals surface area contributed by atoms with Crippen molar-refractivity contribution in [2.24, 2.45) is 0 Å². The number of nitrogens with one attached hydrogen (secondary N) is 1. The molecular weight excluding hydrogens is 332 g/mol. The Morgan fingerprint density at radius 2 is 1.65 bits per heavy atom. The molecule has 1 aliphatic rings. The fourth-order valence-corrected chi connectivity index (χ4v) is 2.34. The van der Waals surface area contributed by atoms with Crippen LogP contribution >= 0.6 is 0 Å². The van der Waals surface area contributed by atoms with Crippen LogP contribution in [0.1, 0.15) is 11.1 Å². The van der Waals surface area contributed by atoms with Crippen LogP contribution in [0.5, 0.6) is 0 Å². The third-order valence-electron chi connectivity index (χ3n) is 3.64. The molecule has 0 bridgehead atoms. The molecule has 1 aliphatic heterocycles. The maximum atomic E-state index is 11.8. The molecule has 0 saturated carbocycles. The highest BCUT2D eigenvalue weighted by molar-refractivity contribution is 5.95. The van der Waals surface area contributed by atoms with Crippen molar-refractivity contribution in [1.29, 1.82) is 0 Å². The predicted octanol–water partition coefficient (Wildman–Crippen LogP) is 1.92. The molecule has 0 aromatic heterocycles. The molecule has 1 fully saturated rings. The van der Waals surface area contributed by atoms with Crippen LogP contribution in [-0.2, 0) is 9.53 Å². The van der Waals surface area contributed by atoms with Crippen molar-refractivity contribution >= 4 is 17.7 Å². The molecule has 1 heterocycles. The molecule has 0 unspecified atom stereocenters. The monoisotopic (exact) mass is 346 g/mol. The lowest BCUT2D eigenvalue weighted by Gasteiger charge is -2.12. The van der Waals surface area contributed by atoms with Gasteiger partial charge in [-0.1, -0.05) is 30.0 Å². The SMILES string of the molecule is O=C(NO)[C@@H]1CN(c2ccc(C#CC#Cc3ccccc3)cc2)C(=O)O1. The third-order valence-corrected chi connectivity index (χ3v) is 3.64. The van der Waals surface area contributed by atoms with Gasteiger partial charge in [-0.2, -0.15) is 0 Å². The molecule has 6 heteroatoms. The minimum atomic E-state index is -1.04. The second-order valence-electron chi connectivity index (χ2n) is 5.37. The van der Waals surface area contributed by atoms with Gasteiger partial charge in [-0.3, -0.25) is 14.9 Å². The smallest absolute Gasteiger partial charge is 0.415 e. The van der Waals surface area contributed by atoms with Gasteiger partial charge in [-0.25, -0.2) is 10.3 Å². The lowest BCUT2D eigenvalue weighted by molar-refractivity contribution is -0.136. The number of nitrogens with zero attached hydrogens (tertiary/aromatic N) is 1. The van der Waals surface area contributed by atoms with Gasteiger partial charge in [0.25, 0.3) is 5.91 Å². The molecule has 0 radical (unpaired) electrons. The van der Waals surface area contributed by atoms with E-state index >= 15 is 0 Å². The second kappa shape index (κ2) is 7.89. The fraction of sp³-hybridized carbons (Fsp3) is 0.100. The van der Waals surface area contributed by atoms with E-state index in [9.17, 15) is 9.59 Å². The summed E-state index contributed by atoms with van der Waals surface area (Å²) in [6.45, 7) is 0.0266. The number of rotatable bonds is 2. The molecule has 26 heavy (non-hydrogen) atoms. The van der Waals surface area contributed by atoms with Crippen LogP contribution in [0.4, 0.5) is 10.5 Å². The summed E-state index contributed by atoms with van der Waals surface area (Å²) >= 11 is 0. The van der Waals surface area contributed by atoms with Crippen LogP contribution in [0.25, 0.3) is 0 Å². The molecule has 3 rings (SSSR count). The van der Waals surface area contributed by atoms with Gasteiger partial charge in [0, 0.05) is 16.8 Å².